The van der Waals surface area contributed by atoms with Crippen LogP contribution in [-0.2, 0) is 4.79 Å². The van der Waals surface area contributed by atoms with Crippen LogP contribution in [-0.4, -0.2) is 22.6 Å². The van der Waals surface area contributed by atoms with Gasteiger partial charge in [0, 0.05) is 17.7 Å². The molecule has 0 fully saturated rings. The van der Waals surface area contributed by atoms with E-state index in [9.17, 15) is 14.9 Å². The minimum absolute atomic E-state index is 0.0336. The Labute approximate surface area is 84.2 Å². The highest BCUT2D eigenvalue weighted by Gasteiger charge is 2.31. The van der Waals surface area contributed by atoms with E-state index in [-0.39, 0.29) is 12.3 Å². The van der Waals surface area contributed by atoms with Crippen LogP contribution in [0.15, 0.2) is 18.2 Å². The number of nitro benzene ring substituents is 1. The largest absolute Gasteiger partial charge is 0.492 e. The predicted molar refractivity (Wildman–Crippen MR) is 49.0 cm³/mol. The number of carboxylic acids is 1. The maximum Gasteiger partial charge on any atom is 0.314 e. The molecular weight excluding hydrogens is 202 g/mol. The fraction of sp³-hybridized carbons (Fsp3) is 0.222. The van der Waals surface area contributed by atoms with Crippen LogP contribution < -0.4 is 4.74 Å². The van der Waals surface area contributed by atoms with Gasteiger partial charge >= 0.3 is 5.97 Å². The molecule has 2 rings (SSSR count). The van der Waals surface area contributed by atoms with E-state index in [0.717, 1.165) is 0 Å². The summed E-state index contributed by atoms with van der Waals surface area (Å²) >= 11 is 0. The van der Waals surface area contributed by atoms with Gasteiger partial charge in [-0.1, -0.05) is 0 Å². The first kappa shape index (κ1) is 9.45. The maximum atomic E-state index is 10.8. The number of hydrogen-bond acceptors (Lipinski definition) is 4. The molecule has 0 saturated carbocycles. The number of rotatable bonds is 2. The number of aliphatic carboxylic acids is 1. The average molecular weight is 209 g/mol. The molecule has 1 aromatic rings. The molecule has 1 N–H and O–H groups in total. The van der Waals surface area contributed by atoms with Gasteiger partial charge in [-0.15, -0.1) is 0 Å². The molecule has 1 aromatic carbocycles. The second-order valence-electron chi connectivity index (χ2n) is 3.18. The SMILES string of the molecule is O=C(O)[C@@H]1COc2ccc([N+](=O)[O-])cc21. The van der Waals surface area contributed by atoms with Crippen molar-refractivity contribution in [3.8, 4) is 5.75 Å². The highest BCUT2D eigenvalue weighted by atomic mass is 16.6. The van der Waals surface area contributed by atoms with Gasteiger partial charge in [-0.25, -0.2) is 0 Å². The summed E-state index contributed by atoms with van der Waals surface area (Å²) in [6, 6.07) is 3.97. The molecule has 0 spiro atoms. The molecular formula is C9H7NO5. The highest BCUT2D eigenvalue weighted by molar-refractivity contribution is 5.79. The minimum atomic E-state index is -1.03. The van der Waals surface area contributed by atoms with Gasteiger partial charge < -0.3 is 9.84 Å². The zero-order valence-corrected chi connectivity index (χ0v) is 7.54. The Hall–Kier alpha value is -2.11. The molecule has 0 aromatic heterocycles. The van der Waals surface area contributed by atoms with Crippen molar-refractivity contribution in [2.45, 2.75) is 5.92 Å². The highest BCUT2D eigenvalue weighted by Crippen LogP contribution is 2.36. The summed E-state index contributed by atoms with van der Waals surface area (Å²) in [4.78, 5) is 20.7. The Bertz CT molecular complexity index is 442. The summed E-state index contributed by atoms with van der Waals surface area (Å²) < 4.78 is 5.10. The molecule has 6 heteroatoms. The zero-order chi connectivity index (χ0) is 11.0. The summed E-state index contributed by atoms with van der Waals surface area (Å²) in [5.74, 6) is -1.43. The van der Waals surface area contributed by atoms with Gasteiger partial charge in [0.25, 0.3) is 5.69 Å². The van der Waals surface area contributed by atoms with Crippen LogP contribution in [0.1, 0.15) is 11.5 Å². The molecule has 1 aliphatic heterocycles. The number of ether oxygens (including phenoxy) is 1. The zero-order valence-electron chi connectivity index (χ0n) is 7.54. The van der Waals surface area contributed by atoms with Crippen LogP contribution in [0.4, 0.5) is 5.69 Å². The quantitative estimate of drug-likeness (QED) is 0.583. The average Bonchev–Trinajstić information content (AvgIpc) is 2.59. The van der Waals surface area contributed by atoms with E-state index in [1.807, 2.05) is 0 Å². The fourth-order valence-electron chi connectivity index (χ4n) is 1.52. The molecule has 78 valence electrons. The molecule has 1 aliphatic rings. The summed E-state index contributed by atoms with van der Waals surface area (Å²) in [6.07, 6.45) is 0. The van der Waals surface area contributed by atoms with Gasteiger partial charge in [-0.2, -0.15) is 0 Å². The lowest BCUT2D eigenvalue weighted by molar-refractivity contribution is -0.384. The van der Waals surface area contributed by atoms with Crippen molar-refractivity contribution in [1.82, 2.24) is 0 Å². The lowest BCUT2D eigenvalue weighted by Gasteiger charge is -2.00. The molecule has 0 unspecified atom stereocenters. The molecule has 0 radical (unpaired) electrons. The van der Waals surface area contributed by atoms with Crippen LogP contribution >= 0.6 is 0 Å². The normalized spacial score (nSPS) is 18.0. The number of benzene rings is 1. The van der Waals surface area contributed by atoms with Crippen LogP contribution in [0, 0.1) is 10.1 Å². The smallest absolute Gasteiger partial charge is 0.314 e. The number of nitrogens with zero attached hydrogens (tertiary/aromatic N) is 1. The van der Waals surface area contributed by atoms with E-state index in [1.54, 1.807) is 0 Å². The van der Waals surface area contributed by atoms with Crippen LogP contribution in [0.5, 0.6) is 5.75 Å². The van der Waals surface area contributed by atoms with Crippen LogP contribution in [0.3, 0.4) is 0 Å². The predicted octanol–water partition coefficient (Wildman–Crippen LogP) is 1.16. The summed E-state index contributed by atoms with van der Waals surface area (Å²) in [5.41, 5.74) is 0.252. The van der Waals surface area contributed by atoms with E-state index in [2.05, 4.69) is 0 Å². The molecule has 15 heavy (non-hydrogen) atoms. The van der Waals surface area contributed by atoms with Crippen molar-refractivity contribution in [1.29, 1.82) is 0 Å². The van der Waals surface area contributed by atoms with Crippen LogP contribution in [0.25, 0.3) is 0 Å². The van der Waals surface area contributed by atoms with E-state index in [1.165, 1.54) is 18.2 Å². The van der Waals surface area contributed by atoms with E-state index in [0.29, 0.717) is 11.3 Å². The Morgan fingerprint density at radius 2 is 2.33 bits per heavy atom. The first-order valence-electron chi connectivity index (χ1n) is 4.23. The Morgan fingerprint density at radius 3 is 2.93 bits per heavy atom. The third-order valence-corrected chi connectivity index (χ3v) is 2.28. The van der Waals surface area contributed by atoms with E-state index in [4.69, 9.17) is 9.84 Å². The Balaban J connectivity index is 2.46. The van der Waals surface area contributed by atoms with Gasteiger partial charge in [-0.05, 0) is 6.07 Å². The third-order valence-electron chi connectivity index (χ3n) is 2.28. The summed E-state index contributed by atoms with van der Waals surface area (Å²) in [7, 11) is 0. The number of non-ortho nitro benzene ring substituents is 1. The van der Waals surface area contributed by atoms with Crippen molar-refractivity contribution < 1.29 is 19.6 Å². The maximum absolute atomic E-state index is 10.8. The van der Waals surface area contributed by atoms with E-state index < -0.39 is 16.8 Å². The topological polar surface area (TPSA) is 89.7 Å². The second kappa shape index (κ2) is 3.23. The lowest BCUT2D eigenvalue weighted by Crippen LogP contribution is -2.12. The Morgan fingerprint density at radius 1 is 1.60 bits per heavy atom. The van der Waals surface area contributed by atoms with Gasteiger partial charge in [0.05, 0.1) is 4.92 Å². The number of fused-ring (bicyclic) bond motifs is 1. The molecule has 0 saturated heterocycles. The Kier molecular flexibility index (Phi) is 2.03. The molecule has 0 bridgehead atoms. The molecule has 1 atom stereocenters. The van der Waals surface area contributed by atoms with Gasteiger partial charge in [-0.3, -0.25) is 14.9 Å². The number of carbonyl (C=O) groups is 1. The monoisotopic (exact) mass is 209 g/mol. The molecule has 6 nitrogen and oxygen atoms in total. The van der Waals surface area contributed by atoms with Crippen molar-refractivity contribution >= 4 is 11.7 Å². The second-order valence-corrected chi connectivity index (χ2v) is 3.18. The van der Waals surface area contributed by atoms with Gasteiger partial charge in [0.1, 0.15) is 18.3 Å². The van der Waals surface area contributed by atoms with E-state index >= 15 is 0 Å². The third kappa shape index (κ3) is 1.50. The van der Waals surface area contributed by atoms with Crippen LogP contribution in [0.2, 0.25) is 0 Å². The lowest BCUT2D eigenvalue weighted by atomic mass is 10.0. The van der Waals surface area contributed by atoms with Crippen molar-refractivity contribution in [2.75, 3.05) is 6.61 Å². The number of hydrogen-bond donors (Lipinski definition) is 1. The molecule has 1 heterocycles. The van der Waals surface area contributed by atoms with Crippen molar-refractivity contribution in [3.63, 3.8) is 0 Å². The molecule has 0 aliphatic carbocycles. The van der Waals surface area contributed by atoms with Crippen molar-refractivity contribution in [2.24, 2.45) is 0 Å². The minimum Gasteiger partial charge on any atom is -0.492 e. The van der Waals surface area contributed by atoms with Gasteiger partial charge in [0.15, 0.2) is 0 Å². The first-order chi connectivity index (χ1) is 7.09. The molecule has 0 amide bonds. The number of carboxylic acid groups (broad SMARTS) is 1. The summed E-state index contributed by atoms with van der Waals surface area (Å²) in [5, 5.41) is 19.3. The first-order valence-corrected chi connectivity index (χ1v) is 4.23. The summed E-state index contributed by atoms with van der Waals surface area (Å²) in [6.45, 7) is 0.0336. The fourth-order valence-corrected chi connectivity index (χ4v) is 1.52. The van der Waals surface area contributed by atoms with Crippen molar-refractivity contribution in [3.05, 3.63) is 33.9 Å². The van der Waals surface area contributed by atoms with Gasteiger partial charge in [0.2, 0.25) is 0 Å². The standard InChI is InChI=1S/C9H7NO5/c11-9(12)7-4-15-8-2-1-5(10(13)14)3-6(7)8/h1-3,7H,4H2,(H,11,12)/t7-/m1/s1. The number of nitro groups is 1.